The quantitative estimate of drug-likeness (QED) is 0.578. The first-order valence-electron chi connectivity index (χ1n) is 6.77. The van der Waals surface area contributed by atoms with Crippen molar-refractivity contribution in [2.45, 2.75) is 32.4 Å². The Labute approximate surface area is 120 Å². The van der Waals surface area contributed by atoms with Crippen molar-refractivity contribution in [3.63, 3.8) is 0 Å². The van der Waals surface area contributed by atoms with Gasteiger partial charge in [-0.1, -0.05) is 6.92 Å². The summed E-state index contributed by atoms with van der Waals surface area (Å²) in [5, 5.41) is 2.71. The summed E-state index contributed by atoms with van der Waals surface area (Å²) in [6.07, 6.45) is -1.52. The number of alkyl halides is 3. The zero-order chi connectivity index (χ0) is 15.7. The molecular formula is C14H18F3N3O. The predicted molar refractivity (Wildman–Crippen MR) is 73.5 cm³/mol. The summed E-state index contributed by atoms with van der Waals surface area (Å²) in [6, 6.07) is 3.30. The summed E-state index contributed by atoms with van der Waals surface area (Å²) in [7, 11) is 0. The van der Waals surface area contributed by atoms with E-state index in [1.54, 1.807) is 0 Å². The highest BCUT2D eigenvalue weighted by atomic mass is 19.4. The Kier molecular flexibility index (Phi) is 4.13. The molecule has 1 saturated carbocycles. The van der Waals surface area contributed by atoms with Gasteiger partial charge in [0.25, 0.3) is 5.91 Å². The summed E-state index contributed by atoms with van der Waals surface area (Å²) in [5.74, 6) is 4.57. The maximum Gasteiger partial charge on any atom is 0.418 e. The molecule has 1 aliphatic carbocycles. The van der Waals surface area contributed by atoms with E-state index in [2.05, 4.69) is 5.32 Å². The fourth-order valence-electron chi connectivity index (χ4n) is 2.25. The first-order chi connectivity index (χ1) is 9.81. The molecular weight excluding hydrogens is 283 g/mol. The minimum atomic E-state index is -4.57. The highest BCUT2D eigenvalue weighted by molar-refractivity contribution is 5.95. The molecule has 0 spiro atoms. The second-order valence-electron chi connectivity index (χ2n) is 5.44. The number of hydrazine groups is 1. The SMILES string of the molecule is CCC1(CNC(=O)c2ccc(NN)c(C(F)(F)F)c2)CC1. The Hall–Kier alpha value is -1.76. The van der Waals surface area contributed by atoms with E-state index in [1.165, 1.54) is 6.07 Å². The van der Waals surface area contributed by atoms with Gasteiger partial charge in [-0.2, -0.15) is 13.2 Å². The minimum Gasteiger partial charge on any atom is -0.351 e. The molecule has 0 heterocycles. The van der Waals surface area contributed by atoms with Crippen LogP contribution in [0.15, 0.2) is 18.2 Å². The van der Waals surface area contributed by atoms with Crippen LogP contribution in [0.1, 0.15) is 42.1 Å². The second kappa shape index (κ2) is 5.55. The number of benzene rings is 1. The fourth-order valence-corrected chi connectivity index (χ4v) is 2.25. The summed E-state index contributed by atoms with van der Waals surface area (Å²) in [6.45, 7) is 2.54. The highest BCUT2D eigenvalue weighted by Gasteiger charge is 2.40. The zero-order valence-corrected chi connectivity index (χ0v) is 11.7. The highest BCUT2D eigenvalue weighted by Crippen LogP contribution is 2.47. The van der Waals surface area contributed by atoms with Gasteiger partial charge < -0.3 is 10.7 Å². The molecule has 1 aromatic carbocycles. The maximum atomic E-state index is 12.9. The molecule has 1 fully saturated rings. The van der Waals surface area contributed by atoms with Crippen molar-refractivity contribution >= 4 is 11.6 Å². The molecule has 0 aliphatic heterocycles. The third-order valence-electron chi connectivity index (χ3n) is 4.07. The molecule has 0 radical (unpaired) electrons. The van der Waals surface area contributed by atoms with Crippen LogP contribution in [-0.4, -0.2) is 12.5 Å². The number of anilines is 1. The van der Waals surface area contributed by atoms with Crippen LogP contribution in [0.5, 0.6) is 0 Å². The molecule has 1 amide bonds. The number of hydrogen-bond acceptors (Lipinski definition) is 3. The van der Waals surface area contributed by atoms with E-state index in [9.17, 15) is 18.0 Å². The van der Waals surface area contributed by atoms with Gasteiger partial charge in [0.05, 0.1) is 11.3 Å². The Bertz CT molecular complexity index is 539. The molecule has 0 bridgehead atoms. The minimum absolute atomic E-state index is 0.0202. The van der Waals surface area contributed by atoms with Crippen LogP contribution in [-0.2, 0) is 6.18 Å². The van der Waals surface area contributed by atoms with Gasteiger partial charge in [0, 0.05) is 12.1 Å². The average molecular weight is 301 g/mol. The number of rotatable bonds is 5. The number of nitrogens with two attached hydrogens (primary N) is 1. The molecule has 116 valence electrons. The van der Waals surface area contributed by atoms with Crippen molar-refractivity contribution in [3.05, 3.63) is 29.3 Å². The van der Waals surface area contributed by atoms with Gasteiger partial charge in [-0.15, -0.1) is 0 Å². The number of nitrogens with one attached hydrogen (secondary N) is 2. The normalized spacial score (nSPS) is 16.4. The van der Waals surface area contributed by atoms with Crippen molar-refractivity contribution in [3.8, 4) is 0 Å². The van der Waals surface area contributed by atoms with Crippen LogP contribution in [0.2, 0.25) is 0 Å². The van der Waals surface area contributed by atoms with E-state index >= 15 is 0 Å². The molecule has 21 heavy (non-hydrogen) atoms. The Balaban J connectivity index is 2.14. The number of carbonyl (C=O) groups excluding carboxylic acids is 1. The number of halogens is 3. The molecule has 7 heteroatoms. The standard InChI is InChI=1S/C14H18F3N3O/c1-2-13(5-6-13)8-19-12(21)9-3-4-11(20-18)10(7-9)14(15,16)17/h3-4,7,20H,2,5-6,8,18H2,1H3,(H,19,21). The molecule has 4 N–H and O–H groups in total. The Morgan fingerprint density at radius 3 is 2.52 bits per heavy atom. The van der Waals surface area contributed by atoms with Crippen LogP contribution in [0, 0.1) is 5.41 Å². The first kappa shape index (κ1) is 15.6. The van der Waals surface area contributed by atoms with Crippen molar-refractivity contribution in [2.75, 3.05) is 12.0 Å². The molecule has 0 aromatic heterocycles. The summed E-state index contributed by atoms with van der Waals surface area (Å²) < 4.78 is 38.7. The smallest absolute Gasteiger partial charge is 0.351 e. The monoisotopic (exact) mass is 301 g/mol. The molecule has 1 aromatic rings. The van der Waals surface area contributed by atoms with Crippen molar-refractivity contribution in [2.24, 2.45) is 11.3 Å². The summed E-state index contributed by atoms with van der Waals surface area (Å²) in [4.78, 5) is 12.0. The van der Waals surface area contributed by atoms with E-state index in [0.29, 0.717) is 6.54 Å². The Morgan fingerprint density at radius 1 is 1.38 bits per heavy atom. The van der Waals surface area contributed by atoms with E-state index < -0.39 is 17.6 Å². The molecule has 0 saturated heterocycles. The van der Waals surface area contributed by atoms with Crippen molar-refractivity contribution < 1.29 is 18.0 Å². The van der Waals surface area contributed by atoms with E-state index in [0.717, 1.165) is 31.4 Å². The third kappa shape index (κ3) is 3.47. The van der Waals surface area contributed by atoms with Gasteiger partial charge in [0.15, 0.2) is 0 Å². The molecule has 2 rings (SSSR count). The summed E-state index contributed by atoms with van der Waals surface area (Å²) >= 11 is 0. The Morgan fingerprint density at radius 2 is 2.05 bits per heavy atom. The van der Waals surface area contributed by atoms with Crippen molar-refractivity contribution in [1.82, 2.24) is 5.32 Å². The topological polar surface area (TPSA) is 67.2 Å². The molecule has 0 unspecified atom stereocenters. The van der Waals surface area contributed by atoms with Crippen LogP contribution >= 0.6 is 0 Å². The lowest BCUT2D eigenvalue weighted by atomic mass is 10.0. The average Bonchev–Trinajstić information content (AvgIpc) is 3.24. The molecule has 0 atom stereocenters. The first-order valence-corrected chi connectivity index (χ1v) is 6.77. The molecule has 4 nitrogen and oxygen atoms in total. The van der Waals surface area contributed by atoms with Gasteiger partial charge in [-0.25, -0.2) is 0 Å². The lowest BCUT2D eigenvalue weighted by Gasteiger charge is -2.16. The predicted octanol–water partition coefficient (Wildman–Crippen LogP) is 2.91. The van der Waals surface area contributed by atoms with Crippen LogP contribution < -0.4 is 16.6 Å². The third-order valence-corrected chi connectivity index (χ3v) is 4.07. The van der Waals surface area contributed by atoms with Gasteiger partial charge in [-0.3, -0.25) is 10.6 Å². The number of amides is 1. The van der Waals surface area contributed by atoms with Gasteiger partial charge in [-0.05, 0) is 42.9 Å². The summed E-state index contributed by atoms with van der Waals surface area (Å²) in [5.41, 5.74) is 0.904. The van der Waals surface area contributed by atoms with Crippen LogP contribution in [0.4, 0.5) is 18.9 Å². The largest absolute Gasteiger partial charge is 0.418 e. The second-order valence-corrected chi connectivity index (χ2v) is 5.44. The fraction of sp³-hybridized carbons (Fsp3) is 0.500. The van der Waals surface area contributed by atoms with E-state index in [-0.39, 0.29) is 16.7 Å². The number of nitrogen functional groups attached to an aromatic ring is 1. The number of hydrogen-bond donors (Lipinski definition) is 3. The molecule has 1 aliphatic rings. The van der Waals surface area contributed by atoms with Crippen molar-refractivity contribution in [1.29, 1.82) is 0 Å². The van der Waals surface area contributed by atoms with Gasteiger partial charge in [0.2, 0.25) is 0 Å². The number of carbonyl (C=O) groups is 1. The van der Waals surface area contributed by atoms with Crippen LogP contribution in [0.3, 0.4) is 0 Å². The zero-order valence-electron chi connectivity index (χ0n) is 11.7. The van der Waals surface area contributed by atoms with Crippen LogP contribution in [0.25, 0.3) is 0 Å². The van der Waals surface area contributed by atoms with E-state index in [1.807, 2.05) is 12.3 Å². The van der Waals surface area contributed by atoms with E-state index in [4.69, 9.17) is 5.84 Å². The van der Waals surface area contributed by atoms with Gasteiger partial charge in [0.1, 0.15) is 0 Å². The lowest BCUT2D eigenvalue weighted by molar-refractivity contribution is -0.137. The lowest BCUT2D eigenvalue weighted by Crippen LogP contribution is -2.30. The maximum absolute atomic E-state index is 12.9. The van der Waals surface area contributed by atoms with Gasteiger partial charge >= 0.3 is 6.18 Å².